The van der Waals surface area contributed by atoms with Gasteiger partial charge in [-0.25, -0.2) is 13.9 Å². The number of aromatic nitrogens is 4. The minimum absolute atomic E-state index is 0.123. The van der Waals surface area contributed by atoms with E-state index < -0.39 is 0 Å². The summed E-state index contributed by atoms with van der Waals surface area (Å²) in [6.07, 6.45) is 4.78. The first kappa shape index (κ1) is 10.8. The summed E-state index contributed by atoms with van der Waals surface area (Å²) >= 11 is 0. The normalized spacial score (nSPS) is 13.1. The van der Waals surface area contributed by atoms with Crippen LogP contribution in [0.4, 0.5) is 0 Å². The predicted molar refractivity (Wildman–Crippen MR) is 60.4 cm³/mol. The van der Waals surface area contributed by atoms with Crippen molar-refractivity contribution in [1.82, 2.24) is 24.5 Å². The molecule has 1 N–H and O–H groups in total. The van der Waals surface area contributed by atoms with E-state index in [4.69, 9.17) is 0 Å². The Hall–Kier alpha value is -1.69. The van der Waals surface area contributed by atoms with Gasteiger partial charge in [0.25, 0.3) is 0 Å². The molecular formula is C10H15N5O. The maximum atomic E-state index is 11.9. The third kappa shape index (κ3) is 1.96. The van der Waals surface area contributed by atoms with Crippen LogP contribution < -0.4 is 11.0 Å². The lowest BCUT2D eigenvalue weighted by Gasteiger charge is -2.10. The average Bonchev–Trinajstić information content (AvgIpc) is 2.57. The molecule has 0 aliphatic carbocycles. The van der Waals surface area contributed by atoms with Crippen molar-refractivity contribution in [3.63, 3.8) is 0 Å². The molecule has 2 rings (SSSR count). The van der Waals surface area contributed by atoms with Crippen LogP contribution in [0.15, 0.2) is 23.4 Å². The van der Waals surface area contributed by atoms with E-state index in [0.29, 0.717) is 12.2 Å². The highest BCUT2D eigenvalue weighted by Crippen LogP contribution is 1.93. The van der Waals surface area contributed by atoms with Gasteiger partial charge in [-0.1, -0.05) is 6.92 Å². The molecule has 0 aliphatic rings. The number of nitrogens with one attached hydrogen (secondary N) is 1. The zero-order valence-corrected chi connectivity index (χ0v) is 9.42. The fraction of sp³-hybridized carbons (Fsp3) is 0.500. The van der Waals surface area contributed by atoms with E-state index in [9.17, 15) is 4.79 Å². The molecule has 1 atom stereocenters. The van der Waals surface area contributed by atoms with Crippen molar-refractivity contribution in [3.05, 3.63) is 29.1 Å². The predicted octanol–water partition coefficient (Wildman–Crippen LogP) is -0.111. The monoisotopic (exact) mass is 221 g/mol. The first-order valence-corrected chi connectivity index (χ1v) is 5.35. The van der Waals surface area contributed by atoms with Crippen molar-refractivity contribution >= 4 is 5.65 Å². The Labute approximate surface area is 92.9 Å². The number of nitrogens with zero attached hydrogens (tertiary/aromatic N) is 4. The van der Waals surface area contributed by atoms with Crippen molar-refractivity contribution in [1.29, 1.82) is 0 Å². The molecule has 0 aliphatic heterocycles. The van der Waals surface area contributed by atoms with Crippen LogP contribution in [0.25, 0.3) is 5.65 Å². The minimum Gasteiger partial charge on any atom is -0.313 e. The highest BCUT2D eigenvalue weighted by Gasteiger charge is 2.08. The van der Waals surface area contributed by atoms with Gasteiger partial charge in [-0.15, -0.1) is 5.10 Å². The van der Waals surface area contributed by atoms with Crippen LogP contribution >= 0.6 is 0 Å². The SMILES string of the molecule is CCNC(C)Cn1nc2cnccn2c1=O. The van der Waals surface area contributed by atoms with Crippen molar-refractivity contribution in [2.24, 2.45) is 0 Å². The molecule has 86 valence electrons. The van der Waals surface area contributed by atoms with Crippen LogP contribution in [0.5, 0.6) is 0 Å². The van der Waals surface area contributed by atoms with Crippen molar-refractivity contribution < 1.29 is 0 Å². The molecule has 2 aromatic rings. The standard InChI is InChI=1S/C10H15N5O/c1-3-12-8(2)7-15-10(16)14-5-4-11-6-9(14)13-15/h4-6,8,12H,3,7H2,1-2H3. The zero-order chi connectivity index (χ0) is 11.5. The summed E-state index contributed by atoms with van der Waals surface area (Å²) in [5.74, 6) is 0. The highest BCUT2D eigenvalue weighted by atomic mass is 16.2. The molecule has 0 amide bonds. The van der Waals surface area contributed by atoms with Gasteiger partial charge in [0.1, 0.15) is 0 Å². The second-order valence-corrected chi connectivity index (χ2v) is 3.73. The molecule has 0 saturated heterocycles. The smallest absolute Gasteiger partial charge is 0.313 e. The van der Waals surface area contributed by atoms with Gasteiger partial charge in [0.15, 0.2) is 5.65 Å². The number of rotatable bonds is 4. The van der Waals surface area contributed by atoms with Crippen LogP contribution in [0, 0.1) is 0 Å². The van der Waals surface area contributed by atoms with Gasteiger partial charge in [0.2, 0.25) is 0 Å². The van der Waals surface area contributed by atoms with Gasteiger partial charge < -0.3 is 5.32 Å². The second kappa shape index (κ2) is 4.44. The van der Waals surface area contributed by atoms with Gasteiger partial charge in [0, 0.05) is 18.4 Å². The van der Waals surface area contributed by atoms with Crippen LogP contribution in [0.1, 0.15) is 13.8 Å². The molecule has 6 heteroatoms. The summed E-state index contributed by atoms with van der Waals surface area (Å²) in [6, 6.07) is 0.223. The summed E-state index contributed by atoms with van der Waals surface area (Å²) < 4.78 is 2.95. The molecule has 6 nitrogen and oxygen atoms in total. The first-order chi connectivity index (χ1) is 7.72. The molecule has 0 saturated carbocycles. The largest absolute Gasteiger partial charge is 0.350 e. The number of fused-ring (bicyclic) bond motifs is 1. The summed E-state index contributed by atoms with van der Waals surface area (Å²) in [6.45, 7) is 5.50. The fourth-order valence-electron chi connectivity index (χ4n) is 1.67. The Morgan fingerprint density at radius 2 is 2.38 bits per heavy atom. The number of likely N-dealkylation sites (N-methyl/N-ethyl adjacent to an activating group) is 1. The molecular weight excluding hydrogens is 206 g/mol. The van der Waals surface area contributed by atoms with Crippen molar-refractivity contribution in [2.45, 2.75) is 26.4 Å². The van der Waals surface area contributed by atoms with Gasteiger partial charge in [-0.2, -0.15) is 0 Å². The van der Waals surface area contributed by atoms with Crippen LogP contribution in [-0.4, -0.2) is 31.8 Å². The summed E-state index contributed by atoms with van der Waals surface area (Å²) in [4.78, 5) is 15.8. The second-order valence-electron chi connectivity index (χ2n) is 3.73. The van der Waals surface area contributed by atoms with E-state index in [1.165, 1.54) is 9.08 Å². The number of hydrogen-bond acceptors (Lipinski definition) is 4. The Bertz CT molecular complexity index is 529. The van der Waals surface area contributed by atoms with Crippen molar-refractivity contribution in [2.75, 3.05) is 6.54 Å². The molecule has 0 fully saturated rings. The molecule has 0 bridgehead atoms. The Balaban J connectivity index is 2.31. The topological polar surface area (TPSA) is 64.2 Å². The lowest BCUT2D eigenvalue weighted by molar-refractivity contribution is 0.452. The lowest BCUT2D eigenvalue weighted by atomic mass is 10.3. The Kier molecular flexibility index (Phi) is 3.00. The minimum atomic E-state index is -0.123. The molecule has 0 aromatic carbocycles. The molecule has 2 heterocycles. The first-order valence-electron chi connectivity index (χ1n) is 5.35. The Morgan fingerprint density at radius 3 is 3.06 bits per heavy atom. The number of hydrogen-bond donors (Lipinski definition) is 1. The maximum absolute atomic E-state index is 11.9. The molecule has 1 unspecified atom stereocenters. The average molecular weight is 221 g/mol. The van der Waals surface area contributed by atoms with E-state index in [-0.39, 0.29) is 11.7 Å². The third-order valence-corrected chi connectivity index (χ3v) is 2.39. The van der Waals surface area contributed by atoms with Gasteiger partial charge >= 0.3 is 5.69 Å². The third-order valence-electron chi connectivity index (χ3n) is 2.39. The molecule has 2 aromatic heterocycles. The van der Waals surface area contributed by atoms with Gasteiger partial charge in [0.05, 0.1) is 12.7 Å². The van der Waals surface area contributed by atoms with E-state index in [1.807, 2.05) is 13.8 Å². The molecule has 16 heavy (non-hydrogen) atoms. The van der Waals surface area contributed by atoms with E-state index in [1.54, 1.807) is 18.6 Å². The molecule has 0 radical (unpaired) electrons. The van der Waals surface area contributed by atoms with Crippen LogP contribution in [-0.2, 0) is 6.54 Å². The van der Waals surface area contributed by atoms with Crippen LogP contribution in [0.3, 0.4) is 0 Å². The molecule has 0 spiro atoms. The summed E-state index contributed by atoms with van der Waals surface area (Å²) in [7, 11) is 0. The van der Waals surface area contributed by atoms with Crippen molar-refractivity contribution in [3.8, 4) is 0 Å². The van der Waals surface area contributed by atoms with E-state index in [0.717, 1.165) is 6.54 Å². The quantitative estimate of drug-likeness (QED) is 0.782. The zero-order valence-electron chi connectivity index (χ0n) is 9.42. The Morgan fingerprint density at radius 1 is 1.56 bits per heavy atom. The van der Waals surface area contributed by atoms with E-state index >= 15 is 0 Å². The van der Waals surface area contributed by atoms with Crippen LogP contribution in [0.2, 0.25) is 0 Å². The maximum Gasteiger partial charge on any atom is 0.350 e. The van der Waals surface area contributed by atoms with E-state index in [2.05, 4.69) is 15.4 Å². The van der Waals surface area contributed by atoms with Gasteiger partial charge in [-0.3, -0.25) is 4.98 Å². The van der Waals surface area contributed by atoms with Gasteiger partial charge in [-0.05, 0) is 13.5 Å². The highest BCUT2D eigenvalue weighted by molar-refractivity contribution is 5.31. The fourth-order valence-corrected chi connectivity index (χ4v) is 1.67. The summed E-state index contributed by atoms with van der Waals surface area (Å²) in [5, 5.41) is 7.44. The summed E-state index contributed by atoms with van der Waals surface area (Å²) in [5.41, 5.74) is 0.457. The lowest BCUT2D eigenvalue weighted by Crippen LogP contribution is -2.34.